The Labute approximate surface area is 203 Å². The standard InChI is InChI=1S/C25H37N3O4S/c1-8-10-11-15-26-22(29)21(19-14-12-13-17(3)18(19)4)28(9-2)23(30)20(16-33)27-24(31)32-25(5,6)7/h2,12-14,20-21,33H,8,10-11,15-16H2,1,3-7H3,(H,26,29)(H,27,31). The topological polar surface area (TPSA) is 87.7 Å². The first-order valence-corrected chi connectivity index (χ1v) is 11.8. The lowest BCUT2D eigenvalue weighted by atomic mass is 9.95. The largest absolute Gasteiger partial charge is 0.444 e. The third-order valence-electron chi connectivity index (χ3n) is 5.08. The molecule has 0 aliphatic carbocycles. The summed E-state index contributed by atoms with van der Waals surface area (Å²) in [6.45, 7) is 11.5. The molecule has 0 aliphatic rings. The number of terminal acetylenes is 1. The van der Waals surface area contributed by atoms with Crippen molar-refractivity contribution in [1.29, 1.82) is 0 Å². The lowest BCUT2D eigenvalue weighted by molar-refractivity contribution is -0.138. The molecular weight excluding hydrogens is 438 g/mol. The second kappa shape index (κ2) is 13.1. The number of alkyl carbamates (subject to hydrolysis) is 1. The van der Waals surface area contributed by atoms with Crippen LogP contribution in [0.4, 0.5) is 4.79 Å². The lowest BCUT2D eigenvalue weighted by Crippen LogP contribution is -2.52. The van der Waals surface area contributed by atoms with E-state index < -0.39 is 29.7 Å². The molecule has 1 aromatic carbocycles. The average Bonchev–Trinajstić information content (AvgIpc) is 2.73. The maximum atomic E-state index is 13.4. The summed E-state index contributed by atoms with van der Waals surface area (Å²) in [4.78, 5) is 39.9. The third kappa shape index (κ3) is 8.65. The minimum atomic E-state index is -1.07. The Kier molecular flexibility index (Phi) is 11.3. The first-order valence-electron chi connectivity index (χ1n) is 11.2. The number of nitrogens with zero attached hydrogens (tertiary/aromatic N) is 1. The summed E-state index contributed by atoms with van der Waals surface area (Å²) < 4.78 is 5.25. The van der Waals surface area contributed by atoms with E-state index in [2.05, 4.69) is 36.2 Å². The van der Waals surface area contributed by atoms with Crippen molar-refractivity contribution in [3.8, 4) is 12.5 Å². The van der Waals surface area contributed by atoms with E-state index in [-0.39, 0.29) is 11.7 Å². The van der Waals surface area contributed by atoms with E-state index in [4.69, 9.17) is 11.2 Å². The molecule has 0 saturated heterocycles. The number of carbonyl (C=O) groups is 3. The molecule has 0 heterocycles. The number of carbonyl (C=O) groups excluding carboxylic acids is 3. The SMILES string of the molecule is C#CN(C(=O)C(CS)NC(=O)OC(C)(C)C)C(C(=O)NCCCCC)c1cccc(C)c1C. The molecule has 0 bridgehead atoms. The van der Waals surface area contributed by atoms with Gasteiger partial charge in [0, 0.05) is 18.3 Å². The number of thiol groups is 1. The normalized spacial score (nSPS) is 12.8. The number of ether oxygens (including phenoxy) is 1. The van der Waals surface area contributed by atoms with E-state index >= 15 is 0 Å². The number of benzene rings is 1. The van der Waals surface area contributed by atoms with E-state index in [0.29, 0.717) is 12.1 Å². The van der Waals surface area contributed by atoms with Crippen LogP contribution in [-0.4, -0.2) is 46.7 Å². The predicted octanol–water partition coefficient (Wildman–Crippen LogP) is 3.89. The molecule has 0 aliphatic heterocycles. The number of amides is 3. The monoisotopic (exact) mass is 475 g/mol. The van der Waals surface area contributed by atoms with Gasteiger partial charge in [0.15, 0.2) is 0 Å². The number of hydrogen-bond donors (Lipinski definition) is 3. The van der Waals surface area contributed by atoms with Gasteiger partial charge in [-0.1, -0.05) is 44.4 Å². The maximum Gasteiger partial charge on any atom is 0.408 e. The van der Waals surface area contributed by atoms with Crippen molar-refractivity contribution < 1.29 is 19.1 Å². The van der Waals surface area contributed by atoms with Crippen molar-refractivity contribution in [2.45, 2.75) is 78.5 Å². The molecule has 0 spiro atoms. The summed E-state index contributed by atoms with van der Waals surface area (Å²) >= 11 is 4.21. The minimum absolute atomic E-state index is 0.0199. The molecule has 2 unspecified atom stereocenters. The number of rotatable bonds is 10. The Bertz CT molecular complexity index is 873. The summed E-state index contributed by atoms with van der Waals surface area (Å²) in [5.74, 6) is -1.01. The molecule has 0 saturated carbocycles. The Morgan fingerprint density at radius 2 is 1.88 bits per heavy atom. The van der Waals surface area contributed by atoms with Gasteiger partial charge < -0.3 is 15.4 Å². The highest BCUT2D eigenvalue weighted by Crippen LogP contribution is 2.27. The summed E-state index contributed by atoms with van der Waals surface area (Å²) in [5.41, 5.74) is 1.73. The van der Waals surface area contributed by atoms with Gasteiger partial charge in [-0.2, -0.15) is 12.6 Å². The van der Waals surface area contributed by atoms with Crippen LogP contribution in [0.1, 0.15) is 69.7 Å². The molecular formula is C25H37N3O4S. The van der Waals surface area contributed by atoms with Gasteiger partial charge in [-0.25, -0.2) is 4.79 Å². The molecule has 2 N–H and O–H groups in total. The fraction of sp³-hybridized carbons (Fsp3) is 0.560. The molecule has 3 amide bonds. The fourth-order valence-corrected chi connectivity index (χ4v) is 3.47. The van der Waals surface area contributed by atoms with Gasteiger partial charge >= 0.3 is 6.09 Å². The summed E-state index contributed by atoms with van der Waals surface area (Å²) in [6.07, 6.45) is 7.80. The summed E-state index contributed by atoms with van der Waals surface area (Å²) in [5, 5.41) is 5.41. The van der Waals surface area contributed by atoms with E-state index in [1.807, 2.05) is 26.0 Å². The van der Waals surface area contributed by atoms with Crippen LogP contribution < -0.4 is 10.6 Å². The molecule has 8 heteroatoms. The van der Waals surface area contributed by atoms with Gasteiger partial charge in [0.25, 0.3) is 5.91 Å². The Morgan fingerprint density at radius 3 is 2.42 bits per heavy atom. The van der Waals surface area contributed by atoms with Crippen LogP contribution in [0.5, 0.6) is 0 Å². The highest BCUT2D eigenvalue weighted by molar-refractivity contribution is 7.80. The molecule has 0 radical (unpaired) electrons. The van der Waals surface area contributed by atoms with Gasteiger partial charge in [0.2, 0.25) is 5.91 Å². The second-order valence-electron chi connectivity index (χ2n) is 8.91. The zero-order chi connectivity index (χ0) is 25.2. The predicted molar refractivity (Wildman–Crippen MR) is 134 cm³/mol. The summed E-state index contributed by atoms with van der Waals surface area (Å²) in [7, 11) is 0. The summed E-state index contributed by atoms with van der Waals surface area (Å²) in [6, 6.07) is 5.78. The number of hydrogen-bond acceptors (Lipinski definition) is 5. The van der Waals surface area contributed by atoms with Crippen LogP contribution >= 0.6 is 12.6 Å². The van der Waals surface area contributed by atoms with E-state index in [1.165, 1.54) is 0 Å². The van der Waals surface area contributed by atoms with Crippen LogP contribution in [0.25, 0.3) is 0 Å². The minimum Gasteiger partial charge on any atom is -0.444 e. The van der Waals surface area contributed by atoms with Gasteiger partial charge in [-0.3, -0.25) is 14.5 Å². The Hall–Kier alpha value is -2.66. The first-order chi connectivity index (χ1) is 15.5. The highest BCUT2D eigenvalue weighted by atomic mass is 32.1. The highest BCUT2D eigenvalue weighted by Gasteiger charge is 2.36. The van der Waals surface area contributed by atoms with Crippen molar-refractivity contribution in [2.75, 3.05) is 12.3 Å². The fourth-order valence-electron chi connectivity index (χ4n) is 3.22. The third-order valence-corrected chi connectivity index (χ3v) is 5.44. The van der Waals surface area contributed by atoms with Gasteiger partial charge in [-0.15, -0.1) is 0 Å². The van der Waals surface area contributed by atoms with Crippen molar-refractivity contribution >= 4 is 30.5 Å². The van der Waals surface area contributed by atoms with Crippen LogP contribution in [0.2, 0.25) is 0 Å². The maximum absolute atomic E-state index is 13.4. The molecule has 0 aromatic heterocycles. The molecule has 182 valence electrons. The van der Waals surface area contributed by atoms with E-state index in [9.17, 15) is 14.4 Å². The quantitative estimate of drug-likeness (QED) is 0.207. The van der Waals surface area contributed by atoms with Gasteiger partial charge in [-0.05, 0) is 57.7 Å². The molecule has 2 atom stereocenters. The van der Waals surface area contributed by atoms with Crippen molar-refractivity contribution in [3.63, 3.8) is 0 Å². The molecule has 1 rings (SSSR count). The van der Waals surface area contributed by atoms with Crippen LogP contribution in [-0.2, 0) is 14.3 Å². The average molecular weight is 476 g/mol. The zero-order valence-corrected chi connectivity index (χ0v) is 21.4. The molecule has 0 fully saturated rings. The van der Waals surface area contributed by atoms with Crippen molar-refractivity contribution in [1.82, 2.24) is 15.5 Å². The smallest absolute Gasteiger partial charge is 0.408 e. The second-order valence-corrected chi connectivity index (χ2v) is 9.27. The molecule has 7 nitrogen and oxygen atoms in total. The van der Waals surface area contributed by atoms with Crippen LogP contribution in [0, 0.1) is 26.3 Å². The molecule has 33 heavy (non-hydrogen) atoms. The Balaban J connectivity index is 3.28. The van der Waals surface area contributed by atoms with E-state index in [0.717, 1.165) is 35.3 Å². The van der Waals surface area contributed by atoms with Crippen LogP contribution in [0.3, 0.4) is 0 Å². The van der Waals surface area contributed by atoms with Crippen molar-refractivity contribution in [3.05, 3.63) is 34.9 Å². The Morgan fingerprint density at radius 1 is 1.21 bits per heavy atom. The number of nitrogens with one attached hydrogen (secondary N) is 2. The number of unbranched alkanes of at least 4 members (excludes halogenated alkanes) is 2. The van der Waals surface area contributed by atoms with Gasteiger partial charge in [0.05, 0.1) is 0 Å². The zero-order valence-electron chi connectivity index (χ0n) is 20.5. The van der Waals surface area contributed by atoms with E-state index in [1.54, 1.807) is 26.8 Å². The van der Waals surface area contributed by atoms with Gasteiger partial charge in [0.1, 0.15) is 17.7 Å². The number of aryl methyl sites for hydroxylation is 1. The molecule has 1 aromatic rings. The lowest BCUT2D eigenvalue weighted by Gasteiger charge is -2.31. The van der Waals surface area contributed by atoms with Crippen LogP contribution in [0.15, 0.2) is 18.2 Å². The first kappa shape index (κ1) is 28.4. The van der Waals surface area contributed by atoms with Crippen molar-refractivity contribution in [2.24, 2.45) is 0 Å².